The van der Waals surface area contributed by atoms with E-state index in [0.29, 0.717) is 12.5 Å². The maximum absolute atomic E-state index is 12.3. The van der Waals surface area contributed by atoms with Crippen molar-refractivity contribution in [1.82, 2.24) is 10.6 Å². The zero-order valence-electron chi connectivity index (χ0n) is 15.1. The molecule has 3 rings (SSSR count). The molecule has 1 fully saturated rings. The van der Waals surface area contributed by atoms with Gasteiger partial charge in [0.15, 0.2) is 5.96 Å². The molecule has 1 saturated carbocycles. The molecule has 2 N–H and O–H groups in total. The number of halogens is 3. The van der Waals surface area contributed by atoms with Gasteiger partial charge in [-0.2, -0.15) is 8.78 Å². The lowest BCUT2D eigenvalue weighted by Gasteiger charge is -2.19. The van der Waals surface area contributed by atoms with Gasteiger partial charge in [0.2, 0.25) is 0 Å². The summed E-state index contributed by atoms with van der Waals surface area (Å²) in [4.78, 5) is 4.24. The van der Waals surface area contributed by atoms with E-state index in [1.54, 1.807) is 19.2 Å². The predicted molar refractivity (Wildman–Crippen MR) is 114 cm³/mol. The Morgan fingerprint density at radius 3 is 2.48 bits per heavy atom. The van der Waals surface area contributed by atoms with E-state index in [0.717, 1.165) is 24.9 Å². The number of rotatable bonds is 7. The smallest absolute Gasteiger partial charge is 0.387 e. The number of benzene rings is 2. The van der Waals surface area contributed by atoms with E-state index < -0.39 is 6.61 Å². The lowest BCUT2D eigenvalue weighted by atomic mass is 9.96. The first-order valence-corrected chi connectivity index (χ1v) is 8.65. The van der Waals surface area contributed by atoms with E-state index in [-0.39, 0.29) is 35.1 Å². The summed E-state index contributed by atoms with van der Waals surface area (Å²) in [5, 5.41) is 6.59. The van der Waals surface area contributed by atoms with E-state index >= 15 is 0 Å². The summed E-state index contributed by atoms with van der Waals surface area (Å²) in [7, 11) is 1.72. The largest absolute Gasteiger partial charge is 0.435 e. The summed E-state index contributed by atoms with van der Waals surface area (Å²) >= 11 is 0. The van der Waals surface area contributed by atoms with Gasteiger partial charge in [-0.05, 0) is 36.1 Å². The van der Waals surface area contributed by atoms with Crippen LogP contribution in [0, 0.1) is 0 Å². The first-order valence-electron chi connectivity index (χ1n) is 8.65. The van der Waals surface area contributed by atoms with Gasteiger partial charge in [-0.1, -0.05) is 42.5 Å². The van der Waals surface area contributed by atoms with Crippen LogP contribution < -0.4 is 15.4 Å². The van der Waals surface area contributed by atoms with E-state index in [1.807, 2.05) is 12.1 Å². The van der Waals surface area contributed by atoms with Crippen LogP contribution in [0.5, 0.6) is 5.75 Å². The fraction of sp³-hybridized carbons (Fsp3) is 0.350. The second-order valence-corrected chi connectivity index (χ2v) is 6.45. The fourth-order valence-electron chi connectivity index (χ4n) is 3.00. The van der Waals surface area contributed by atoms with Crippen LogP contribution in [0.25, 0.3) is 0 Å². The molecule has 0 radical (unpaired) electrons. The first-order chi connectivity index (χ1) is 12.6. The van der Waals surface area contributed by atoms with Crippen molar-refractivity contribution in [1.29, 1.82) is 0 Å². The molecule has 0 saturated heterocycles. The Morgan fingerprint density at radius 1 is 1.11 bits per heavy atom. The zero-order chi connectivity index (χ0) is 18.4. The number of guanidine groups is 1. The molecule has 0 heterocycles. The Kier molecular flexibility index (Phi) is 7.82. The molecule has 7 heteroatoms. The zero-order valence-corrected chi connectivity index (χ0v) is 17.5. The molecule has 0 aliphatic heterocycles. The van der Waals surface area contributed by atoms with E-state index in [2.05, 4.69) is 44.6 Å². The molecule has 4 nitrogen and oxygen atoms in total. The van der Waals surface area contributed by atoms with Crippen molar-refractivity contribution < 1.29 is 13.5 Å². The van der Waals surface area contributed by atoms with Gasteiger partial charge < -0.3 is 15.4 Å². The minimum absolute atomic E-state index is 0. The maximum atomic E-state index is 12.3. The predicted octanol–water partition coefficient (Wildman–Crippen LogP) is 4.30. The fourth-order valence-corrected chi connectivity index (χ4v) is 3.00. The van der Waals surface area contributed by atoms with Gasteiger partial charge in [-0.15, -0.1) is 24.0 Å². The Balaban J connectivity index is 0.00000261. The third kappa shape index (κ3) is 6.05. The standard InChI is InChI=1S/C20H23F2N3O.HI/c1-23-19(24-13-15-6-5-9-17(12-15)26-18(21)22)25-14-20(10-11-20)16-7-3-2-4-8-16;/h2-9,12,18H,10-11,13-14H2,1H3,(H2,23,24,25);1H. The first kappa shape index (κ1) is 21.4. The number of hydrogen-bond acceptors (Lipinski definition) is 2. The highest BCUT2D eigenvalue weighted by Gasteiger charge is 2.43. The summed E-state index contributed by atoms with van der Waals surface area (Å²) in [5.74, 6) is 0.843. The van der Waals surface area contributed by atoms with Crippen molar-refractivity contribution in [3.8, 4) is 5.75 Å². The molecule has 146 valence electrons. The number of ether oxygens (including phenoxy) is 1. The summed E-state index contributed by atoms with van der Waals surface area (Å²) in [6, 6.07) is 17.1. The van der Waals surface area contributed by atoms with Crippen LogP contribution in [0.4, 0.5) is 8.78 Å². The van der Waals surface area contributed by atoms with E-state index in [4.69, 9.17) is 0 Å². The highest BCUT2D eigenvalue weighted by Crippen LogP contribution is 2.47. The third-order valence-electron chi connectivity index (χ3n) is 4.64. The molecule has 0 unspecified atom stereocenters. The number of aliphatic imine (C=N–C) groups is 1. The lowest BCUT2D eigenvalue weighted by Crippen LogP contribution is -2.40. The Labute approximate surface area is 175 Å². The van der Waals surface area contributed by atoms with Crippen LogP contribution >= 0.6 is 24.0 Å². The van der Waals surface area contributed by atoms with Crippen LogP contribution in [-0.4, -0.2) is 26.2 Å². The van der Waals surface area contributed by atoms with Crippen molar-refractivity contribution >= 4 is 29.9 Å². The number of alkyl halides is 2. The molecular weight excluding hydrogens is 463 g/mol. The van der Waals surface area contributed by atoms with Gasteiger partial charge in [0.05, 0.1) is 0 Å². The minimum atomic E-state index is -2.82. The van der Waals surface area contributed by atoms with Crippen molar-refractivity contribution in [2.75, 3.05) is 13.6 Å². The normalized spacial score (nSPS) is 15.0. The lowest BCUT2D eigenvalue weighted by molar-refractivity contribution is -0.0498. The van der Waals surface area contributed by atoms with Crippen LogP contribution in [0.1, 0.15) is 24.0 Å². The van der Waals surface area contributed by atoms with E-state index in [1.165, 1.54) is 11.6 Å². The van der Waals surface area contributed by atoms with Crippen molar-refractivity contribution in [2.45, 2.75) is 31.4 Å². The van der Waals surface area contributed by atoms with Crippen molar-refractivity contribution in [3.63, 3.8) is 0 Å². The molecule has 1 aliphatic carbocycles. The monoisotopic (exact) mass is 487 g/mol. The summed E-state index contributed by atoms with van der Waals surface area (Å²) in [6.45, 7) is -1.54. The van der Waals surface area contributed by atoms with E-state index in [9.17, 15) is 8.78 Å². The van der Waals surface area contributed by atoms with Crippen LogP contribution in [0.2, 0.25) is 0 Å². The van der Waals surface area contributed by atoms with Gasteiger partial charge in [-0.3, -0.25) is 4.99 Å². The van der Waals surface area contributed by atoms with Gasteiger partial charge in [0.1, 0.15) is 5.75 Å². The summed E-state index contributed by atoms with van der Waals surface area (Å²) in [6.07, 6.45) is 2.32. The highest BCUT2D eigenvalue weighted by atomic mass is 127. The SMILES string of the molecule is CN=C(NCc1cccc(OC(F)F)c1)NCC1(c2ccccc2)CC1.I. The Morgan fingerprint density at radius 2 is 1.85 bits per heavy atom. The van der Waals surface area contributed by atoms with Gasteiger partial charge >= 0.3 is 6.61 Å². The molecule has 0 aromatic heterocycles. The van der Waals surface area contributed by atoms with Crippen molar-refractivity contribution in [3.05, 3.63) is 65.7 Å². The van der Waals surface area contributed by atoms with Gasteiger partial charge in [0.25, 0.3) is 0 Å². The third-order valence-corrected chi connectivity index (χ3v) is 4.64. The van der Waals surface area contributed by atoms with Crippen molar-refractivity contribution in [2.24, 2.45) is 4.99 Å². The maximum Gasteiger partial charge on any atom is 0.387 e. The highest BCUT2D eigenvalue weighted by molar-refractivity contribution is 14.0. The summed E-state index contributed by atoms with van der Waals surface area (Å²) in [5.41, 5.74) is 2.37. The Hall–Kier alpha value is -1.90. The minimum Gasteiger partial charge on any atom is -0.435 e. The molecule has 1 aliphatic rings. The summed E-state index contributed by atoms with van der Waals surface area (Å²) < 4.78 is 29.1. The second kappa shape index (κ2) is 9.87. The number of nitrogens with zero attached hydrogens (tertiary/aromatic N) is 1. The molecule has 2 aromatic carbocycles. The van der Waals surface area contributed by atoms with Gasteiger partial charge in [-0.25, -0.2) is 0 Å². The second-order valence-electron chi connectivity index (χ2n) is 6.45. The Bertz CT molecular complexity index is 752. The molecule has 0 bridgehead atoms. The average molecular weight is 487 g/mol. The van der Waals surface area contributed by atoms with Crippen LogP contribution in [0.15, 0.2) is 59.6 Å². The van der Waals surface area contributed by atoms with Gasteiger partial charge in [0, 0.05) is 25.6 Å². The number of hydrogen-bond donors (Lipinski definition) is 2. The molecule has 27 heavy (non-hydrogen) atoms. The number of nitrogens with one attached hydrogen (secondary N) is 2. The molecule has 0 atom stereocenters. The molecule has 0 spiro atoms. The average Bonchev–Trinajstić information content (AvgIpc) is 3.44. The molecule has 0 amide bonds. The topological polar surface area (TPSA) is 45.7 Å². The molecular formula is C20H24F2IN3O. The van der Waals surface area contributed by atoms with Crippen LogP contribution in [0.3, 0.4) is 0 Å². The molecule has 2 aromatic rings. The quantitative estimate of drug-likeness (QED) is 0.348. The van der Waals surface area contributed by atoms with Crippen LogP contribution in [-0.2, 0) is 12.0 Å².